The molecular weight excluding hydrogens is 256 g/mol. The van der Waals surface area contributed by atoms with Crippen LogP contribution in [0.4, 0.5) is 11.4 Å². The smallest absolute Gasteiger partial charge is 0.293 e. The lowest BCUT2D eigenvalue weighted by Gasteiger charge is -2.10. The Morgan fingerprint density at radius 2 is 2.00 bits per heavy atom. The highest BCUT2D eigenvalue weighted by Gasteiger charge is 2.19. The molecule has 0 aromatic heterocycles. The van der Waals surface area contributed by atoms with Gasteiger partial charge < -0.3 is 5.32 Å². The van der Waals surface area contributed by atoms with Crippen LogP contribution in [0.1, 0.15) is 55.5 Å². The maximum absolute atomic E-state index is 12.0. The number of hydrogen-bond donors (Lipinski definition) is 1. The van der Waals surface area contributed by atoms with E-state index in [1.807, 2.05) is 13.8 Å². The van der Waals surface area contributed by atoms with E-state index >= 15 is 0 Å². The Balaban J connectivity index is 3.11. The summed E-state index contributed by atoms with van der Waals surface area (Å²) in [6.45, 7) is 6.49. The predicted molar refractivity (Wildman–Crippen MR) is 80.5 cm³/mol. The summed E-state index contributed by atoms with van der Waals surface area (Å²) < 4.78 is 0. The van der Waals surface area contributed by atoms with E-state index in [-0.39, 0.29) is 11.5 Å². The minimum absolute atomic E-state index is 0.0221. The number of carbonyl (C=O) groups excluding carboxylic acids is 1. The van der Waals surface area contributed by atoms with Crippen LogP contribution in [0.2, 0.25) is 0 Å². The molecule has 0 spiro atoms. The van der Waals surface area contributed by atoms with Gasteiger partial charge in [0.25, 0.3) is 5.69 Å². The Morgan fingerprint density at radius 1 is 1.30 bits per heavy atom. The summed E-state index contributed by atoms with van der Waals surface area (Å²) in [5.74, 6) is -0.0341. The zero-order chi connectivity index (χ0) is 15.1. The molecule has 0 amide bonds. The van der Waals surface area contributed by atoms with Crippen molar-refractivity contribution in [1.82, 2.24) is 0 Å². The third-order valence-electron chi connectivity index (χ3n) is 3.16. The molecule has 0 heterocycles. The second-order valence-corrected chi connectivity index (χ2v) is 4.89. The number of benzene rings is 1. The highest BCUT2D eigenvalue weighted by Crippen LogP contribution is 2.29. The molecule has 5 nitrogen and oxygen atoms in total. The van der Waals surface area contributed by atoms with Gasteiger partial charge >= 0.3 is 0 Å². The number of ketones is 1. The van der Waals surface area contributed by atoms with Crippen molar-refractivity contribution in [3.05, 3.63) is 33.4 Å². The van der Waals surface area contributed by atoms with Crippen LogP contribution in [0.3, 0.4) is 0 Å². The van der Waals surface area contributed by atoms with Gasteiger partial charge in [0.15, 0.2) is 5.78 Å². The van der Waals surface area contributed by atoms with Gasteiger partial charge in [-0.05, 0) is 31.4 Å². The average Bonchev–Trinajstić information content (AvgIpc) is 2.39. The van der Waals surface area contributed by atoms with Gasteiger partial charge in [-0.2, -0.15) is 0 Å². The summed E-state index contributed by atoms with van der Waals surface area (Å²) in [6, 6.07) is 3.11. The number of aryl methyl sites for hydroxylation is 1. The Morgan fingerprint density at radius 3 is 2.55 bits per heavy atom. The maximum Gasteiger partial charge on any atom is 0.293 e. The van der Waals surface area contributed by atoms with Crippen LogP contribution in [-0.4, -0.2) is 17.3 Å². The van der Waals surface area contributed by atoms with Gasteiger partial charge in [-0.15, -0.1) is 0 Å². The molecular formula is C15H22N2O3. The number of anilines is 1. The molecule has 1 aromatic carbocycles. The Hall–Kier alpha value is -1.91. The van der Waals surface area contributed by atoms with Crippen molar-refractivity contribution in [2.24, 2.45) is 0 Å². The summed E-state index contributed by atoms with van der Waals surface area (Å²) in [7, 11) is 0. The first-order valence-corrected chi connectivity index (χ1v) is 7.07. The van der Waals surface area contributed by atoms with E-state index in [4.69, 9.17) is 0 Å². The molecule has 0 radical (unpaired) electrons. The summed E-state index contributed by atoms with van der Waals surface area (Å²) in [6.07, 6.45) is 3.13. The van der Waals surface area contributed by atoms with E-state index in [0.717, 1.165) is 24.8 Å². The first kappa shape index (κ1) is 16.1. The van der Waals surface area contributed by atoms with Crippen LogP contribution in [-0.2, 0) is 0 Å². The SMILES string of the molecule is CCCCNc1cc(C)c(C(=O)CCC)cc1[N+](=O)[O-]. The molecule has 0 aliphatic rings. The highest BCUT2D eigenvalue weighted by molar-refractivity contribution is 5.98. The molecule has 1 aromatic rings. The normalized spacial score (nSPS) is 10.3. The molecule has 110 valence electrons. The van der Waals surface area contributed by atoms with Crippen LogP contribution >= 0.6 is 0 Å². The molecule has 0 saturated carbocycles. The Labute approximate surface area is 119 Å². The maximum atomic E-state index is 12.0. The van der Waals surface area contributed by atoms with Gasteiger partial charge in [-0.3, -0.25) is 14.9 Å². The minimum Gasteiger partial charge on any atom is -0.379 e. The first-order chi connectivity index (χ1) is 9.51. The molecule has 0 atom stereocenters. The van der Waals surface area contributed by atoms with Crippen molar-refractivity contribution in [3.8, 4) is 0 Å². The van der Waals surface area contributed by atoms with Crippen molar-refractivity contribution < 1.29 is 9.72 Å². The average molecular weight is 278 g/mol. The molecule has 0 bridgehead atoms. The predicted octanol–water partition coefficient (Wildman–Crippen LogP) is 4.10. The monoisotopic (exact) mass is 278 g/mol. The van der Waals surface area contributed by atoms with Crippen molar-refractivity contribution in [2.45, 2.75) is 46.5 Å². The molecule has 1 rings (SSSR count). The van der Waals surface area contributed by atoms with Crippen LogP contribution < -0.4 is 5.32 Å². The fraction of sp³-hybridized carbons (Fsp3) is 0.533. The Bertz CT molecular complexity index is 498. The Kier molecular flexibility index (Phi) is 6.15. The van der Waals surface area contributed by atoms with Gasteiger partial charge in [0.1, 0.15) is 5.69 Å². The first-order valence-electron chi connectivity index (χ1n) is 7.07. The van der Waals surface area contributed by atoms with Crippen LogP contribution in [0.5, 0.6) is 0 Å². The number of unbranched alkanes of at least 4 members (excludes halogenated alkanes) is 1. The van der Waals surface area contributed by atoms with Gasteiger partial charge in [-0.25, -0.2) is 0 Å². The second kappa shape index (κ2) is 7.62. The third-order valence-corrected chi connectivity index (χ3v) is 3.16. The van der Waals surface area contributed by atoms with E-state index in [1.54, 1.807) is 6.07 Å². The van der Waals surface area contributed by atoms with Crippen LogP contribution in [0.25, 0.3) is 0 Å². The standard InChI is InChI=1S/C15H22N2O3/c1-4-6-8-16-13-9-11(3)12(15(18)7-5-2)10-14(13)17(19)20/h9-10,16H,4-8H2,1-3H3. The van der Waals surface area contributed by atoms with Gasteiger partial charge in [0, 0.05) is 24.6 Å². The topological polar surface area (TPSA) is 72.2 Å². The van der Waals surface area contributed by atoms with Gasteiger partial charge in [0.2, 0.25) is 0 Å². The third kappa shape index (κ3) is 4.05. The number of nitro groups is 1. The van der Waals surface area contributed by atoms with Crippen molar-refractivity contribution in [3.63, 3.8) is 0 Å². The molecule has 0 aliphatic carbocycles. The highest BCUT2D eigenvalue weighted by atomic mass is 16.6. The summed E-state index contributed by atoms with van der Waals surface area (Å²) >= 11 is 0. The molecule has 5 heteroatoms. The summed E-state index contributed by atoms with van der Waals surface area (Å²) in [5.41, 5.74) is 1.72. The van der Waals surface area contributed by atoms with Crippen molar-refractivity contribution >= 4 is 17.2 Å². The van der Waals surface area contributed by atoms with E-state index < -0.39 is 4.92 Å². The van der Waals surface area contributed by atoms with Crippen LogP contribution in [0.15, 0.2) is 12.1 Å². The van der Waals surface area contributed by atoms with Gasteiger partial charge in [-0.1, -0.05) is 20.3 Å². The summed E-state index contributed by atoms with van der Waals surface area (Å²) in [5, 5.41) is 14.2. The lowest BCUT2D eigenvalue weighted by molar-refractivity contribution is -0.384. The van der Waals surface area contributed by atoms with Crippen molar-refractivity contribution in [1.29, 1.82) is 0 Å². The van der Waals surface area contributed by atoms with E-state index in [9.17, 15) is 14.9 Å². The van der Waals surface area contributed by atoms with Crippen molar-refractivity contribution in [2.75, 3.05) is 11.9 Å². The largest absolute Gasteiger partial charge is 0.379 e. The number of rotatable bonds is 8. The fourth-order valence-electron chi connectivity index (χ4n) is 2.05. The summed E-state index contributed by atoms with van der Waals surface area (Å²) in [4.78, 5) is 22.7. The van der Waals surface area contributed by atoms with Crippen LogP contribution in [0, 0.1) is 17.0 Å². The molecule has 0 unspecified atom stereocenters. The number of nitro benzene ring substituents is 1. The fourth-order valence-corrected chi connectivity index (χ4v) is 2.05. The number of hydrogen-bond acceptors (Lipinski definition) is 4. The quantitative estimate of drug-likeness (QED) is 0.336. The number of Topliss-reactive ketones (excluding diaryl/α,β-unsaturated/α-hetero) is 1. The van der Waals surface area contributed by atoms with Gasteiger partial charge in [0.05, 0.1) is 4.92 Å². The van der Waals surface area contributed by atoms with E-state index in [0.29, 0.717) is 24.2 Å². The number of nitrogens with zero attached hydrogens (tertiary/aromatic N) is 1. The number of carbonyl (C=O) groups is 1. The lowest BCUT2D eigenvalue weighted by atomic mass is 10.00. The lowest BCUT2D eigenvalue weighted by Crippen LogP contribution is -2.08. The minimum atomic E-state index is -0.434. The molecule has 0 aliphatic heterocycles. The number of nitrogens with one attached hydrogen (secondary N) is 1. The molecule has 0 fully saturated rings. The molecule has 20 heavy (non-hydrogen) atoms. The molecule has 0 saturated heterocycles. The van der Waals surface area contributed by atoms with E-state index in [1.165, 1.54) is 6.07 Å². The van der Waals surface area contributed by atoms with E-state index in [2.05, 4.69) is 12.2 Å². The second-order valence-electron chi connectivity index (χ2n) is 4.89. The molecule has 1 N–H and O–H groups in total. The zero-order valence-corrected chi connectivity index (χ0v) is 12.4. The zero-order valence-electron chi connectivity index (χ0n) is 12.4.